The summed E-state index contributed by atoms with van der Waals surface area (Å²) in [7, 11) is 0. The first kappa shape index (κ1) is 15.4. The minimum Gasteiger partial charge on any atom is -0.350 e. The number of carbonyl (C=O) groups is 1. The Kier molecular flexibility index (Phi) is 3.98. The normalized spacial score (nSPS) is 20.6. The SMILES string of the molecule is CC1(CNC(=O)c2n[nH]c3c(F)cccc3c2=O)CC=CCC1. The van der Waals surface area contributed by atoms with Crippen LogP contribution in [0.2, 0.25) is 0 Å². The molecule has 1 aromatic heterocycles. The molecule has 5 nitrogen and oxygen atoms in total. The largest absolute Gasteiger partial charge is 0.350 e. The standard InChI is InChI=1S/C17H18FN3O2/c1-17(8-3-2-4-9-17)10-19-16(23)14-15(22)11-6-5-7-12(18)13(11)20-21-14/h2-3,5-7H,4,8-10H2,1H3,(H,19,23)(H,20,22). The van der Waals surface area contributed by atoms with Crippen molar-refractivity contribution in [2.24, 2.45) is 5.41 Å². The summed E-state index contributed by atoms with van der Waals surface area (Å²) in [5.41, 5.74) is -0.805. The van der Waals surface area contributed by atoms with Crippen LogP contribution < -0.4 is 10.7 Å². The molecule has 120 valence electrons. The number of allylic oxidation sites excluding steroid dienone is 2. The predicted molar refractivity (Wildman–Crippen MR) is 85.8 cm³/mol. The number of para-hydroxylation sites is 1. The van der Waals surface area contributed by atoms with Crippen LogP contribution in [0.15, 0.2) is 35.1 Å². The number of nitrogens with one attached hydrogen (secondary N) is 2. The summed E-state index contributed by atoms with van der Waals surface area (Å²) in [5, 5.41) is 9.11. The molecule has 2 aromatic rings. The lowest BCUT2D eigenvalue weighted by molar-refractivity contribution is 0.0923. The molecule has 0 saturated heterocycles. The van der Waals surface area contributed by atoms with Crippen molar-refractivity contribution in [3.63, 3.8) is 0 Å². The molecule has 0 fully saturated rings. The zero-order chi connectivity index (χ0) is 16.4. The van der Waals surface area contributed by atoms with Crippen LogP contribution in [-0.2, 0) is 0 Å². The maximum Gasteiger partial charge on any atom is 0.275 e. The van der Waals surface area contributed by atoms with Crippen LogP contribution >= 0.6 is 0 Å². The number of halogens is 1. The van der Waals surface area contributed by atoms with Crippen molar-refractivity contribution in [3.05, 3.63) is 52.1 Å². The molecule has 1 amide bonds. The van der Waals surface area contributed by atoms with Crippen LogP contribution in [0.5, 0.6) is 0 Å². The van der Waals surface area contributed by atoms with Gasteiger partial charge in [0.05, 0.1) is 5.39 Å². The Hall–Kier alpha value is -2.50. The third-order valence-electron chi connectivity index (χ3n) is 4.34. The van der Waals surface area contributed by atoms with Crippen LogP contribution in [0.1, 0.15) is 36.7 Å². The second kappa shape index (κ2) is 5.95. The molecule has 1 unspecified atom stereocenters. The number of nitrogens with zero attached hydrogens (tertiary/aromatic N) is 1. The van der Waals surface area contributed by atoms with Crippen LogP contribution in [-0.4, -0.2) is 22.6 Å². The maximum atomic E-state index is 13.6. The second-order valence-corrected chi connectivity index (χ2v) is 6.27. The molecule has 6 heteroatoms. The number of H-pyrrole nitrogens is 1. The van der Waals surface area contributed by atoms with E-state index < -0.39 is 17.2 Å². The fraction of sp³-hybridized carbons (Fsp3) is 0.353. The highest BCUT2D eigenvalue weighted by molar-refractivity contribution is 5.95. The number of fused-ring (bicyclic) bond motifs is 1. The summed E-state index contributed by atoms with van der Waals surface area (Å²) in [5.74, 6) is -1.10. The molecule has 3 rings (SSSR count). The molecule has 0 saturated carbocycles. The van der Waals surface area contributed by atoms with Crippen molar-refractivity contribution < 1.29 is 9.18 Å². The third kappa shape index (κ3) is 3.02. The third-order valence-corrected chi connectivity index (χ3v) is 4.34. The molecule has 0 aliphatic heterocycles. The van der Waals surface area contributed by atoms with Gasteiger partial charge in [0, 0.05) is 6.54 Å². The first-order valence-corrected chi connectivity index (χ1v) is 7.60. The highest BCUT2D eigenvalue weighted by Gasteiger charge is 2.26. The van der Waals surface area contributed by atoms with Gasteiger partial charge in [0.1, 0.15) is 11.3 Å². The number of aromatic amines is 1. The van der Waals surface area contributed by atoms with Gasteiger partial charge in [-0.25, -0.2) is 4.39 Å². The van der Waals surface area contributed by atoms with Gasteiger partial charge in [-0.05, 0) is 36.8 Å². The van der Waals surface area contributed by atoms with Crippen molar-refractivity contribution in [1.29, 1.82) is 0 Å². The summed E-state index contributed by atoms with van der Waals surface area (Å²) in [6, 6.07) is 4.14. The molecule has 1 aromatic carbocycles. The van der Waals surface area contributed by atoms with E-state index in [0.29, 0.717) is 6.54 Å². The van der Waals surface area contributed by atoms with Crippen molar-refractivity contribution in [1.82, 2.24) is 15.5 Å². The fourth-order valence-electron chi connectivity index (χ4n) is 2.83. The lowest BCUT2D eigenvalue weighted by Crippen LogP contribution is -2.38. The number of aromatic nitrogens is 2. The Morgan fingerprint density at radius 1 is 1.43 bits per heavy atom. The Morgan fingerprint density at radius 3 is 3.00 bits per heavy atom. The summed E-state index contributed by atoms with van der Waals surface area (Å²) in [6.07, 6.45) is 7.10. The Labute approximate surface area is 132 Å². The number of rotatable bonds is 3. The van der Waals surface area contributed by atoms with E-state index in [1.54, 1.807) is 0 Å². The highest BCUT2D eigenvalue weighted by atomic mass is 19.1. The molecule has 0 radical (unpaired) electrons. The van der Waals surface area contributed by atoms with Crippen LogP contribution in [0, 0.1) is 11.2 Å². The van der Waals surface area contributed by atoms with Crippen molar-refractivity contribution >= 4 is 16.8 Å². The first-order chi connectivity index (χ1) is 11.0. The summed E-state index contributed by atoms with van der Waals surface area (Å²) >= 11 is 0. The van der Waals surface area contributed by atoms with Crippen LogP contribution in [0.4, 0.5) is 4.39 Å². The average molecular weight is 315 g/mol. The zero-order valence-corrected chi connectivity index (χ0v) is 12.9. The Balaban J connectivity index is 1.83. The number of benzene rings is 1. The molecule has 23 heavy (non-hydrogen) atoms. The highest BCUT2D eigenvalue weighted by Crippen LogP contribution is 2.31. The van der Waals surface area contributed by atoms with Crippen molar-refractivity contribution in [2.45, 2.75) is 26.2 Å². The van der Waals surface area contributed by atoms with E-state index in [-0.39, 0.29) is 22.0 Å². The molecule has 2 N–H and O–H groups in total. The smallest absolute Gasteiger partial charge is 0.275 e. The summed E-state index contributed by atoms with van der Waals surface area (Å²) in [6.45, 7) is 2.57. The summed E-state index contributed by atoms with van der Waals surface area (Å²) in [4.78, 5) is 24.6. The van der Waals surface area contributed by atoms with Crippen LogP contribution in [0.3, 0.4) is 0 Å². The van der Waals surface area contributed by atoms with Gasteiger partial charge in [-0.2, -0.15) is 5.10 Å². The van der Waals surface area contributed by atoms with Gasteiger partial charge in [0.2, 0.25) is 5.43 Å². The number of carbonyl (C=O) groups excluding carboxylic acids is 1. The molecule has 1 aliphatic rings. The Morgan fingerprint density at radius 2 is 2.26 bits per heavy atom. The van der Waals surface area contributed by atoms with Gasteiger partial charge in [0.25, 0.3) is 5.91 Å². The van der Waals surface area contributed by atoms with E-state index in [0.717, 1.165) is 19.3 Å². The van der Waals surface area contributed by atoms with Crippen molar-refractivity contribution in [3.8, 4) is 0 Å². The monoisotopic (exact) mass is 315 g/mol. The van der Waals surface area contributed by atoms with Crippen LogP contribution in [0.25, 0.3) is 10.9 Å². The molecule has 0 bridgehead atoms. The van der Waals surface area contributed by atoms with Gasteiger partial charge in [0.15, 0.2) is 5.69 Å². The van der Waals surface area contributed by atoms with E-state index in [1.807, 2.05) is 0 Å². The summed E-state index contributed by atoms with van der Waals surface area (Å²) < 4.78 is 13.6. The van der Waals surface area contributed by atoms with Gasteiger partial charge in [-0.15, -0.1) is 0 Å². The minimum atomic E-state index is -0.569. The van der Waals surface area contributed by atoms with Gasteiger partial charge >= 0.3 is 0 Å². The molecule has 1 atom stereocenters. The predicted octanol–water partition coefficient (Wildman–Crippen LogP) is 2.54. The van der Waals surface area contributed by atoms with E-state index in [1.165, 1.54) is 18.2 Å². The van der Waals surface area contributed by atoms with E-state index in [9.17, 15) is 14.0 Å². The fourth-order valence-corrected chi connectivity index (χ4v) is 2.83. The molecular weight excluding hydrogens is 297 g/mol. The van der Waals surface area contributed by atoms with E-state index >= 15 is 0 Å². The lowest BCUT2D eigenvalue weighted by Gasteiger charge is -2.30. The number of hydrogen-bond donors (Lipinski definition) is 2. The van der Waals surface area contributed by atoms with E-state index in [2.05, 4.69) is 34.6 Å². The molecule has 1 heterocycles. The molecular formula is C17H18FN3O2. The van der Waals surface area contributed by atoms with E-state index in [4.69, 9.17) is 0 Å². The van der Waals surface area contributed by atoms with Gasteiger partial charge in [-0.3, -0.25) is 14.7 Å². The lowest BCUT2D eigenvalue weighted by atomic mass is 9.79. The second-order valence-electron chi connectivity index (χ2n) is 6.27. The minimum absolute atomic E-state index is 0.0124. The number of amides is 1. The maximum absolute atomic E-state index is 13.6. The topological polar surface area (TPSA) is 74.8 Å². The zero-order valence-electron chi connectivity index (χ0n) is 12.9. The van der Waals surface area contributed by atoms with Crippen molar-refractivity contribution in [2.75, 3.05) is 6.54 Å². The van der Waals surface area contributed by atoms with Gasteiger partial charge < -0.3 is 5.32 Å². The average Bonchev–Trinajstić information content (AvgIpc) is 2.55. The first-order valence-electron chi connectivity index (χ1n) is 7.60. The number of hydrogen-bond acceptors (Lipinski definition) is 3. The molecule has 0 spiro atoms. The molecule has 1 aliphatic carbocycles. The Bertz CT molecular complexity index is 843. The van der Waals surface area contributed by atoms with Gasteiger partial charge in [-0.1, -0.05) is 25.1 Å². The quantitative estimate of drug-likeness (QED) is 0.855.